The fraction of sp³-hybridized carbons (Fsp3) is 0.519. The summed E-state index contributed by atoms with van der Waals surface area (Å²) in [5.41, 5.74) is -1.22. The summed E-state index contributed by atoms with van der Waals surface area (Å²) in [5, 5.41) is 61.3. The zero-order valence-corrected chi connectivity index (χ0v) is 46.0. The maximum Gasteiger partial charge on any atom is 0.253 e. The van der Waals surface area contributed by atoms with Crippen molar-refractivity contribution >= 4 is 105 Å². The van der Waals surface area contributed by atoms with E-state index >= 15 is 0 Å². The standard InChI is InChI=1S/C52H66N12O17S/c1-25-21-53-46(76)34(20-52(4,81)24-65)57-47(77)33-19-31-30-17-28(55-37(68)7-8-38(69)61(13-15-62-39(70)9-10-40(62)71)14-16-63-41(72)11-12-42(63)73)5-6-32(30)59-50(31)82-23-35(58-49(79)43(27(3)66)60-44(25)74)51(80)64-22-29(67)18-36(64)48(78)54-26(2)45(75)56-33/h5-6,9-12,17,25-27,29,33-36,43,59,65-67,81H,7-8,13-16,18-24H2,1-4H3,(H,53,76)(H,54,78)(H,55,68)(H,56,75)(H,57,77)(H,58,79)(H,60,74)/t25-,26+,27?,29-,33+,34+,35-,36+,43-,52-/m1/s1. The lowest BCUT2D eigenvalue weighted by Crippen LogP contribution is -2.61. The Bertz CT molecular complexity index is 2920. The number of aliphatic hydroxyl groups is 4. The van der Waals surface area contributed by atoms with E-state index in [2.05, 4.69) is 42.2 Å². The van der Waals surface area contributed by atoms with Crippen molar-refractivity contribution in [2.24, 2.45) is 5.92 Å². The van der Waals surface area contributed by atoms with Crippen LogP contribution in [-0.4, -0.2) is 227 Å². The SMILES string of the molecule is CC(O)[C@H]1NC(=O)[C@H](C)CNC(=O)[C@H](C[C@@](C)(O)CO)NC(=O)[C@@H]2Cc3c([nH]c4ccc(NC(=O)CCC(=O)N(CCN5C(=O)C=CC5=O)CCN5C(=O)C=CC5=O)cc34)SC[C@@H](NC1=O)C(=O)N1C[C@H](O)C[C@H]1C(=O)N[C@@H](C)C(=O)N2. The second-order valence-corrected chi connectivity index (χ2v) is 22.0. The summed E-state index contributed by atoms with van der Waals surface area (Å²) in [6.45, 7) is 2.59. The van der Waals surface area contributed by atoms with Crippen LogP contribution in [0.15, 0.2) is 47.5 Å². The van der Waals surface area contributed by atoms with E-state index in [4.69, 9.17) is 0 Å². The van der Waals surface area contributed by atoms with Gasteiger partial charge in [0, 0.05) is 118 Å². The number of nitrogens with one attached hydrogen (secondary N) is 8. The summed E-state index contributed by atoms with van der Waals surface area (Å²) < 4.78 is 0. The van der Waals surface area contributed by atoms with Gasteiger partial charge in [-0.15, -0.1) is 11.8 Å². The first-order valence-corrected chi connectivity index (χ1v) is 27.4. The quantitative estimate of drug-likeness (QED) is 0.0788. The molecule has 0 spiro atoms. The summed E-state index contributed by atoms with van der Waals surface area (Å²) >= 11 is 0.929. The van der Waals surface area contributed by atoms with Crippen molar-refractivity contribution in [3.8, 4) is 0 Å². The lowest BCUT2D eigenvalue weighted by molar-refractivity contribution is -0.142. The second kappa shape index (κ2) is 26.2. The van der Waals surface area contributed by atoms with Gasteiger partial charge in [0.15, 0.2) is 0 Å². The first-order valence-electron chi connectivity index (χ1n) is 26.5. The Morgan fingerprint density at radius 1 is 0.793 bits per heavy atom. The Kier molecular flexibility index (Phi) is 19.7. The van der Waals surface area contributed by atoms with E-state index in [1.54, 1.807) is 6.07 Å². The molecule has 13 amide bonds. The molecule has 1 aromatic carbocycles. The minimum Gasteiger partial charge on any atom is -0.393 e. The average molecular weight is 1160 g/mol. The molecule has 10 atom stereocenters. The number of H-pyrrole nitrogens is 1. The molecule has 7 rings (SSSR count). The van der Waals surface area contributed by atoms with Crippen LogP contribution >= 0.6 is 11.8 Å². The van der Waals surface area contributed by atoms with Crippen LogP contribution in [0.1, 0.15) is 58.9 Å². The van der Waals surface area contributed by atoms with Gasteiger partial charge in [-0.2, -0.15) is 0 Å². The molecular formula is C52H66N12O17S. The molecule has 1 unspecified atom stereocenters. The number of aromatic nitrogens is 1. The highest BCUT2D eigenvalue weighted by Crippen LogP contribution is 2.34. The summed E-state index contributed by atoms with van der Waals surface area (Å²) in [5.74, 6) is -11.7. The highest BCUT2D eigenvalue weighted by molar-refractivity contribution is 7.99. The highest BCUT2D eigenvalue weighted by atomic mass is 32.2. The van der Waals surface area contributed by atoms with Gasteiger partial charge in [-0.3, -0.25) is 72.1 Å². The van der Waals surface area contributed by atoms with Crippen LogP contribution < -0.4 is 37.2 Å². The highest BCUT2D eigenvalue weighted by Gasteiger charge is 2.44. The molecule has 0 radical (unpaired) electrons. The third-order valence-corrected chi connectivity index (χ3v) is 15.6. The summed E-state index contributed by atoms with van der Waals surface area (Å²) in [6.07, 6.45) is -0.662. The van der Waals surface area contributed by atoms with Crippen molar-refractivity contribution in [3.05, 3.63) is 48.1 Å². The van der Waals surface area contributed by atoms with Gasteiger partial charge in [-0.1, -0.05) is 6.92 Å². The number of fused-ring (bicyclic) bond motifs is 5. The Labute approximate surface area is 472 Å². The number of anilines is 1. The predicted molar refractivity (Wildman–Crippen MR) is 287 cm³/mol. The molecule has 2 bridgehead atoms. The van der Waals surface area contributed by atoms with Gasteiger partial charge in [0.25, 0.3) is 23.6 Å². The van der Waals surface area contributed by atoms with Crippen molar-refractivity contribution in [2.45, 2.75) is 119 Å². The van der Waals surface area contributed by atoms with E-state index in [-0.39, 0.29) is 61.2 Å². The number of carbonyl (C=O) groups is 13. The topological polar surface area (TPSA) is 416 Å². The molecule has 5 aliphatic heterocycles. The first kappa shape index (κ1) is 61.6. The largest absolute Gasteiger partial charge is 0.393 e. The maximum absolute atomic E-state index is 14.8. The molecule has 30 heteroatoms. The van der Waals surface area contributed by atoms with Gasteiger partial charge >= 0.3 is 0 Å². The number of nitrogens with zero attached hydrogens (tertiary/aromatic N) is 4. The monoisotopic (exact) mass is 1160 g/mol. The molecule has 29 nitrogen and oxygen atoms in total. The molecule has 0 saturated carbocycles. The smallest absolute Gasteiger partial charge is 0.253 e. The van der Waals surface area contributed by atoms with Crippen LogP contribution in [0.3, 0.4) is 0 Å². The van der Waals surface area contributed by atoms with Crippen LogP contribution in [0.2, 0.25) is 0 Å². The van der Waals surface area contributed by atoms with Gasteiger partial charge in [-0.05, 0) is 44.5 Å². The van der Waals surface area contributed by atoms with Crippen LogP contribution in [0, 0.1) is 5.92 Å². The van der Waals surface area contributed by atoms with Crippen LogP contribution in [0.5, 0.6) is 0 Å². The Balaban J connectivity index is 1.25. The van der Waals surface area contributed by atoms with E-state index in [1.165, 1.54) is 44.7 Å². The zero-order valence-electron chi connectivity index (χ0n) is 45.2. The van der Waals surface area contributed by atoms with E-state index in [1.807, 2.05) is 0 Å². The molecule has 1 aromatic heterocycles. The third kappa shape index (κ3) is 14.9. The van der Waals surface area contributed by atoms with Crippen molar-refractivity contribution in [1.82, 2.24) is 56.5 Å². The van der Waals surface area contributed by atoms with Crippen molar-refractivity contribution in [3.63, 3.8) is 0 Å². The van der Waals surface area contributed by atoms with Crippen molar-refractivity contribution in [2.75, 3.05) is 56.9 Å². The summed E-state index contributed by atoms with van der Waals surface area (Å²) in [6, 6.07) is -4.80. The van der Waals surface area contributed by atoms with Crippen molar-refractivity contribution in [1.29, 1.82) is 0 Å². The van der Waals surface area contributed by atoms with Gasteiger partial charge in [0.2, 0.25) is 53.2 Å². The number of imide groups is 2. The summed E-state index contributed by atoms with van der Waals surface area (Å²) in [4.78, 5) is 183. The molecule has 0 aliphatic carbocycles. The third-order valence-electron chi connectivity index (χ3n) is 14.4. The lowest BCUT2D eigenvalue weighted by Gasteiger charge is -2.31. The van der Waals surface area contributed by atoms with E-state index in [9.17, 15) is 82.8 Å². The van der Waals surface area contributed by atoms with E-state index in [0.717, 1.165) is 50.8 Å². The maximum atomic E-state index is 14.8. The number of aromatic amines is 1. The minimum atomic E-state index is -1.98. The zero-order chi connectivity index (χ0) is 59.9. The minimum absolute atomic E-state index is 0.149. The molecule has 82 heavy (non-hydrogen) atoms. The molecule has 1 fully saturated rings. The van der Waals surface area contributed by atoms with Gasteiger partial charge < -0.3 is 72.4 Å². The number of hydrogen-bond donors (Lipinski definition) is 12. The fourth-order valence-corrected chi connectivity index (χ4v) is 10.8. The van der Waals surface area contributed by atoms with Crippen LogP contribution in [0.4, 0.5) is 5.69 Å². The molecule has 6 heterocycles. The molecule has 2 aromatic rings. The van der Waals surface area contributed by atoms with E-state index in [0.29, 0.717) is 10.9 Å². The van der Waals surface area contributed by atoms with Gasteiger partial charge in [0.05, 0.1) is 35.4 Å². The average Bonchev–Trinajstić information content (AvgIpc) is 4.27. The van der Waals surface area contributed by atoms with E-state index < -0.39 is 176 Å². The number of rotatable bonds is 14. The Morgan fingerprint density at radius 3 is 2.02 bits per heavy atom. The van der Waals surface area contributed by atoms with Gasteiger partial charge in [0.1, 0.15) is 36.3 Å². The van der Waals surface area contributed by atoms with Crippen molar-refractivity contribution < 1.29 is 82.8 Å². The van der Waals surface area contributed by atoms with Crippen LogP contribution in [0.25, 0.3) is 10.9 Å². The lowest BCUT2D eigenvalue weighted by atomic mass is 9.96. The number of hydrogen-bond acceptors (Lipinski definition) is 18. The normalized spacial score (nSPS) is 26.2. The van der Waals surface area contributed by atoms with Crippen LogP contribution in [-0.2, 0) is 68.7 Å². The Morgan fingerprint density at radius 2 is 1.41 bits per heavy atom. The molecule has 5 aliphatic rings. The van der Waals surface area contributed by atoms with Gasteiger partial charge in [-0.25, -0.2) is 0 Å². The molecular weight excluding hydrogens is 1100 g/mol. The number of carbonyl (C=O) groups excluding carboxylic acids is 13. The molecule has 12 N–H and O–H groups in total. The molecule has 442 valence electrons. The summed E-state index contributed by atoms with van der Waals surface area (Å²) in [7, 11) is 0. The number of aliphatic hydroxyl groups excluding tert-OH is 3. The number of thioether (sulfide) groups is 1. The second-order valence-electron chi connectivity index (χ2n) is 21.0. The first-order chi connectivity index (χ1) is 38.7. The molecule has 1 saturated heterocycles. The Hall–Kier alpha value is -8.06. The number of amides is 13. The predicted octanol–water partition coefficient (Wildman–Crippen LogP) is -5.10. The number of benzene rings is 1. The fourth-order valence-electron chi connectivity index (χ4n) is 9.68.